The molecule has 1 aromatic rings. The Bertz CT molecular complexity index is 467. The molecule has 3 N–H and O–H groups in total. The fraction of sp³-hybridized carbons (Fsp3) is 0.588. The Morgan fingerprint density at radius 2 is 2.00 bits per heavy atom. The van der Waals surface area contributed by atoms with Crippen molar-refractivity contribution in [2.75, 3.05) is 18.4 Å². The maximum absolute atomic E-state index is 11.7. The number of nitrogens with two attached hydrogens (primary N) is 1. The third-order valence-corrected chi connectivity index (χ3v) is 4.15. The van der Waals surface area contributed by atoms with Crippen molar-refractivity contribution < 1.29 is 4.79 Å². The number of benzene rings is 1. The number of rotatable bonds is 5. The lowest BCUT2D eigenvalue weighted by Gasteiger charge is -2.30. The zero-order chi connectivity index (χ0) is 15.2. The van der Waals surface area contributed by atoms with Crippen LogP contribution in [-0.2, 0) is 11.3 Å². The molecule has 23 heavy (non-hydrogen) atoms. The third kappa shape index (κ3) is 7.08. The van der Waals surface area contributed by atoms with E-state index in [-0.39, 0.29) is 30.7 Å². The van der Waals surface area contributed by atoms with Crippen molar-refractivity contribution in [2.45, 2.75) is 45.7 Å². The first-order valence-electron chi connectivity index (χ1n) is 7.96. The van der Waals surface area contributed by atoms with Crippen LogP contribution in [0.3, 0.4) is 0 Å². The standard InChI is InChI=1S/C17H27N3O.2ClH/c1-3-16(18)17(21)19-15-8-6-14(7-9-15)12-20-10-4-5-13(2)11-20;;/h6-9,13,16H,3-5,10-12,18H2,1-2H3,(H,19,21);2*1H/t13?,16-;;/m0../s1. The molecule has 1 heterocycles. The summed E-state index contributed by atoms with van der Waals surface area (Å²) < 4.78 is 0. The maximum Gasteiger partial charge on any atom is 0.241 e. The molecule has 1 aliphatic heterocycles. The zero-order valence-corrected chi connectivity index (χ0v) is 15.6. The van der Waals surface area contributed by atoms with E-state index in [2.05, 4.69) is 29.3 Å². The highest BCUT2D eigenvalue weighted by atomic mass is 35.5. The van der Waals surface area contributed by atoms with Crippen LogP contribution in [0.1, 0.15) is 38.7 Å². The van der Waals surface area contributed by atoms with Crippen LogP contribution in [0, 0.1) is 5.92 Å². The van der Waals surface area contributed by atoms with Gasteiger partial charge in [0, 0.05) is 18.8 Å². The molecule has 6 heteroatoms. The molecule has 4 nitrogen and oxygen atoms in total. The van der Waals surface area contributed by atoms with Gasteiger partial charge in [-0.25, -0.2) is 0 Å². The van der Waals surface area contributed by atoms with Gasteiger partial charge in [-0.3, -0.25) is 9.69 Å². The second kappa shape index (κ2) is 10.9. The van der Waals surface area contributed by atoms with Crippen LogP contribution in [0.5, 0.6) is 0 Å². The Kier molecular flexibility index (Phi) is 10.5. The van der Waals surface area contributed by atoms with Gasteiger partial charge in [-0.1, -0.05) is 26.0 Å². The average molecular weight is 362 g/mol. The van der Waals surface area contributed by atoms with Crippen molar-refractivity contribution in [2.24, 2.45) is 11.7 Å². The predicted octanol–water partition coefficient (Wildman–Crippen LogP) is 3.44. The summed E-state index contributed by atoms with van der Waals surface area (Å²) >= 11 is 0. The Hall–Kier alpha value is -0.810. The largest absolute Gasteiger partial charge is 0.325 e. The van der Waals surface area contributed by atoms with E-state index in [0.717, 1.165) is 18.2 Å². The molecule has 1 aliphatic rings. The van der Waals surface area contributed by atoms with Crippen LogP contribution in [0.25, 0.3) is 0 Å². The Balaban J connectivity index is 0.00000242. The lowest BCUT2D eigenvalue weighted by atomic mass is 10.00. The maximum atomic E-state index is 11.7. The van der Waals surface area contributed by atoms with E-state index in [9.17, 15) is 4.79 Å². The van der Waals surface area contributed by atoms with Gasteiger partial charge in [0.25, 0.3) is 0 Å². The molecule has 0 radical (unpaired) electrons. The smallest absolute Gasteiger partial charge is 0.241 e. The summed E-state index contributed by atoms with van der Waals surface area (Å²) in [4.78, 5) is 14.2. The Morgan fingerprint density at radius 1 is 1.35 bits per heavy atom. The monoisotopic (exact) mass is 361 g/mol. The Labute approximate surface area is 152 Å². The molecule has 0 saturated carbocycles. The lowest BCUT2D eigenvalue weighted by Crippen LogP contribution is -2.34. The second-order valence-corrected chi connectivity index (χ2v) is 6.18. The van der Waals surface area contributed by atoms with Crippen LogP contribution in [0.15, 0.2) is 24.3 Å². The van der Waals surface area contributed by atoms with E-state index >= 15 is 0 Å². The first kappa shape index (κ1) is 22.2. The summed E-state index contributed by atoms with van der Waals surface area (Å²) in [5.74, 6) is 0.683. The minimum atomic E-state index is -0.431. The summed E-state index contributed by atoms with van der Waals surface area (Å²) in [7, 11) is 0. The van der Waals surface area contributed by atoms with Crippen molar-refractivity contribution >= 4 is 36.4 Å². The number of nitrogens with one attached hydrogen (secondary N) is 1. The third-order valence-electron chi connectivity index (χ3n) is 4.15. The predicted molar refractivity (Wildman–Crippen MR) is 102 cm³/mol. The molecular formula is C17H29Cl2N3O. The number of piperidine rings is 1. The summed E-state index contributed by atoms with van der Waals surface area (Å²) in [5, 5.41) is 2.85. The summed E-state index contributed by atoms with van der Waals surface area (Å²) in [6, 6.07) is 7.67. The van der Waals surface area contributed by atoms with Crippen molar-refractivity contribution in [3.8, 4) is 0 Å². The van der Waals surface area contributed by atoms with E-state index in [0.29, 0.717) is 6.42 Å². The number of nitrogens with zero attached hydrogens (tertiary/aromatic N) is 1. The van der Waals surface area contributed by atoms with Gasteiger partial charge in [-0.2, -0.15) is 0 Å². The second-order valence-electron chi connectivity index (χ2n) is 6.18. The Morgan fingerprint density at radius 3 is 2.57 bits per heavy atom. The fourth-order valence-corrected chi connectivity index (χ4v) is 2.80. The number of amides is 1. The highest BCUT2D eigenvalue weighted by molar-refractivity contribution is 5.94. The topological polar surface area (TPSA) is 58.4 Å². The van der Waals surface area contributed by atoms with Gasteiger partial charge < -0.3 is 11.1 Å². The number of hydrogen-bond acceptors (Lipinski definition) is 3. The number of carbonyl (C=O) groups is 1. The molecule has 0 bridgehead atoms. The van der Waals surface area contributed by atoms with Gasteiger partial charge in [0.2, 0.25) is 5.91 Å². The zero-order valence-electron chi connectivity index (χ0n) is 14.0. The van der Waals surface area contributed by atoms with Gasteiger partial charge in [-0.05, 0) is 49.4 Å². The molecule has 132 valence electrons. The van der Waals surface area contributed by atoms with Crippen LogP contribution >= 0.6 is 24.8 Å². The lowest BCUT2D eigenvalue weighted by molar-refractivity contribution is -0.117. The van der Waals surface area contributed by atoms with Gasteiger partial charge in [0.05, 0.1) is 6.04 Å². The van der Waals surface area contributed by atoms with Crippen molar-refractivity contribution in [1.29, 1.82) is 0 Å². The molecule has 1 fully saturated rings. The van der Waals surface area contributed by atoms with Crippen LogP contribution in [0.2, 0.25) is 0 Å². The number of carbonyl (C=O) groups excluding carboxylic acids is 1. The minimum Gasteiger partial charge on any atom is -0.325 e. The number of anilines is 1. The summed E-state index contributed by atoms with van der Waals surface area (Å²) in [6.45, 7) is 7.60. The molecule has 0 aliphatic carbocycles. The van der Waals surface area contributed by atoms with Crippen LogP contribution in [-0.4, -0.2) is 29.9 Å². The number of likely N-dealkylation sites (tertiary alicyclic amines) is 1. The fourth-order valence-electron chi connectivity index (χ4n) is 2.80. The summed E-state index contributed by atoms with van der Waals surface area (Å²) in [6.07, 6.45) is 3.29. The quantitative estimate of drug-likeness (QED) is 0.844. The summed E-state index contributed by atoms with van der Waals surface area (Å²) in [5.41, 5.74) is 7.82. The molecule has 0 aromatic heterocycles. The van der Waals surface area contributed by atoms with Crippen LogP contribution in [0.4, 0.5) is 5.69 Å². The van der Waals surface area contributed by atoms with E-state index < -0.39 is 6.04 Å². The molecule has 1 unspecified atom stereocenters. The van der Waals surface area contributed by atoms with Gasteiger partial charge in [0.15, 0.2) is 0 Å². The molecule has 2 atom stereocenters. The molecule has 1 aromatic carbocycles. The highest BCUT2D eigenvalue weighted by Crippen LogP contribution is 2.18. The first-order chi connectivity index (χ1) is 10.1. The first-order valence-corrected chi connectivity index (χ1v) is 7.96. The van der Waals surface area contributed by atoms with Crippen molar-refractivity contribution in [3.05, 3.63) is 29.8 Å². The number of halogens is 2. The highest BCUT2D eigenvalue weighted by Gasteiger charge is 2.16. The molecule has 0 spiro atoms. The van der Waals surface area contributed by atoms with Gasteiger partial charge in [0.1, 0.15) is 0 Å². The van der Waals surface area contributed by atoms with Crippen molar-refractivity contribution in [3.63, 3.8) is 0 Å². The average Bonchev–Trinajstić information content (AvgIpc) is 2.48. The molecule has 1 amide bonds. The SMILES string of the molecule is CC[C@H](N)C(=O)Nc1ccc(CN2CCCC(C)C2)cc1.Cl.Cl. The van der Waals surface area contributed by atoms with E-state index in [1.54, 1.807) is 0 Å². The molecule has 2 rings (SSSR count). The van der Waals surface area contributed by atoms with E-state index in [4.69, 9.17) is 5.73 Å². The minimum absolute atomic E-state index is 0. The van der Waals surface area contributed by atoms with Crippen LogP contribution < -0.4 is 11.1 Å². The number of hydrogen-bond donors (Lipinski definition) is 2. The molecule has 1 saturated heterocycles. The van der Waals surface area contributed by atoms with E-state index in [1.165, 1.54) is 31.5 Å². The normalized spacial score (nSPS) is 19.2. The molecular weight excluding hydrogens is 333 g/mol. The van der Waals surface area contributed by atoms with Gasteiger partial charge >= 0.3 is 0 Å². The van der Waals surface area contributed by atoms with Crippen molar-refractivity contribution in [1.82, 2.24) is 4.90 Å². The van der Waals surface area contributed by atoms with E-state index in [1.807, 2.05) is 19.1 Å². The van der Waals surface area contributed by atoms with Gasteiger partial charge in [-0.15, -0.1) is 24.8 Å².